The second kappa shape index (κ2) is 3.86. The molecule has 1 aromatic heterocycles. The Balaban J connectivity index is 1.91. The van der Waals surface area contributed by atoms with Gasteiger partial charge in [-0.15, -0.1) is 0 Å². The van der Waals surface area contributed by atoms with Gasteiger partial charge in [-0.2, -0.15) is 0 Å². The fourth-order valence-corrected chi connectivity index (χ4v) is 2.97. The standard InChI is InChI=1S/C12H19N3O/c1-14-5-2-3-11(14)12-13-8-9-7-10(16)4-6-15(9)12/h8,10-11,16H,2-7H2,1H3. The predicted molar refractivity (Wildman–Crippen MR) is 61.2 cm³/mol. The van der Waals surface area contributed by atoms with Crippen LogP contribution in [-0.4, -0.2) is 39.3 Å². The largest absolute Gasteiger partial charge is 0.393 e. The maximum absolute atomic E-state index is 9.63. The molecule has 4 nitrogen and oxygen atoms in total. The molecular weight excluding hydrogens is 202 g/mol. The molecule has 0 aromatic carbocycles. The Kier molecular flexibility index (Phi) is 2.48. The third kappa shape index (κ3) is 1.57. The normalized spacial score (nSPS) is 30.6. The molecule has 3 heterocycles. The molecule has 1 fully saturated rings. The molecule has 0 aliphatic carbocycles. The van der Waals surface area contributed by atoms with Crippen LogP contribution in [0.25, 0.3) is 0 Å². The Labute approximate surface area is 95.9 Å². The summed E-state index contributed by atoms with van der Waals surface area (Å²) >= 11 is 0. The minimum absolute atomic E-state index is 0.168. The molecule has 0 spiro atoms. The third-order valence-electron chi connectivity index (χ3n) is 3.92. The highest BCUT2D eigenvalue weighted by Crippen LogP contribution is 2.31. The zero-order chi connectivity index (χ0) is 11.1. The second-order valence-corrected chi connectivity index (χ2v) is 5.04. The maximum Gasteiger partial charge on any atom is 0.126 e. The molecule has 1 N–H and O–H groups in total. The number of fused-ring (bicyclic) bond motifs is 1. The Bertz CT molecular complexity index is 388. The summed E-state index contributed by atoms with van der Waals surface area (Å²) in [6.45, 7) is 2.10. The van der Waals surface area contributed by atoms with E-state index in [1.165, 1.54) is 30.9 Å². The molecule has 0 saturated carbocycles. The number of nitrogens with zero attached hydrogens (tertiary/aromatic N) is 3. The van der Waals surface area contributed by atoms with Crippen LogP contribution in [0.2, 0.25) is 0 Å². The van der Waals surface area contributed by atoms with Crippen LogP contribution in [0.5, 0.6) is 0 Å². The Hall–Kier alpha value is -0.870. The van der Waals surface area contributed by atoms with E-state index in [0.29, 0.717) is 6.04 Å². The topological polar surface area (TPSA) is 41.3 Å². The van der Waals surface area contributed by atoms with Crippen LogP contribution in [0, 0.1) is 0 Å². The fraction of sp³-hybridized carbons (Fsp3) is 0.750. The molecule has 2 unspecified atom stereocenters. The van der Waals surface area contributed by atoms with Gasteiger partial charge in [0.1, 0.15) is 5.82 Å². The number of aromatic nitrogens is 2. The SMILES string of the molecule is CN1CCCC1c1ncc2n1CCC(O)C2. The van der Waals surface area contributed by atoms with Crippen LogP contribution in [0.3, 0.4) is 0 Å². The van der Waals surface area contributed by atoms with E-state index < -0.39 is 0 Å². The highest BCUT2D eigenvalue weighted by molar-refractivity contribution is 5.13. The molecule has 3 rings (SSSR count). The first-order valence-electron chi connectivity index (χ1n) is 6.18. The first kappa shape index (κ1) is 10.3. The van der Waals surface area contributed by atoms with Crippen LogP contribution in [0.1, 0.15) is 36.8 Å². The summed E-state index contributed by atoms with van der Waals surface area (Å²) < 4.78 is 2.32. The minimum atomic E-state index is -0.168. The molecule has 0 radical (unpaired) electrons. The third-order valence-corrected chi connectivity index (χ3v) is 3.92. The number of imidazole rings is 1. The van der Waals surface area contributed by atoms with Gasteiger partial charge in [-0.1, -0.05) is 0 Å². The van der Waals surface area contributed by atoms with Crippen molar-refractivity contribution in [3.05, 3.63) is 17.7 Å². The van der Waals surface area contributed by atoms with Crippen LogP contribution in [0.4, 0.5) is 0 Å². The van der Waals surface area contributed by atoms with Crippen molar-refractivity contribution in [2.24, 2.45) is 0 Å². The van der Waals surface area contributed by atoms with E-state index in [4.69, 9.17) is 0 Å². The van der Waals surface area contributed by atoms with E-state index in [-0.39, 0.29) is 6.10 Å². The van der Waals surface area contributed by atoms with E-state index in [2.05, 4.69) is 21.5 Å². The zero-order valence-corrected chi connectivity index (χ0v) is 9.76. The summed E-state index contributed by atoms with van der Waals surface area (Å²) in [5, 5.41) is 9.63. The fourth-order valence-electron chi connectivity index (χ4n) is 2.97. The number of aliphatic hydroxyl groups is 1. The van der Waals surface area contributed by atoms with E-state index in [9.17, 15) is 5.11 Å². The lowest BCUT2D eigenvalue weighted by molar-refractivity contribution is 0.141. The minimum Gasteiger partial charge on any atom is -0.393 e. The maximum atomic E-state index is 9.63. The van der Waals surface area contributed by atoms with Crippen molar-refractivity contribution in [2.45, 2.75) is 44.4 Å². The summed E-state index contributed by atoms with van der Waals surface area (Å²) in [5.74, 6) is 1.21. The van der Waals surface area contributed by atoms with Gasteiger partial charge < -0.3 is 9.67 Å². The smallest absolute Gasteiger partial charge is 0.126 e. The van der Waals surface area contributed by atoms with E-state index >= 15 is 0 Å². The summed E-state index contributed by atoms with van der Waals surface area (Å²) in [7, 11) is 2.18. The first-order valence-corrected chi connectivity index (χ1v) is 6.18. The average molecular weight is 221 g/mol. The van der Waals surface area contributed by atoms with E-state index in [1.807, 2.05) is 6.20 Å². The molecule has 0 amide bonds. The van der Waals surface area contributed by atoms with Crippen molar-refractivity contribution >= 4 is 0 Å². The van der Waals surface area contributed by atoms with E-state index in [0.717, 1.165) is 19.4 Å². The van der Waals surface area contributed by atoms with Crippen molar-refractivity contribution in [2.75, 3.05) is 13.6 Å². The second-order valence-electron chi connectivity index (χ2n) is 5.04. The highest BCUT2D eigenvalue weighted by atomic mass is 16.3. The first-order chi connectivity index (χ1) is 7.75. The average Bonchev–Trinajstić information content (AvgIpc) is 2.83. The lowest BCUT2D eigenvalue weighted by Crippen LogP contribution is -2.27. The molecule has 1 saturated heterocycles. The molecule has 1 aromatic rings. The Morgan fingerprint density at radius 1 is 1.38 bits per heavy atom. The summed E-state index contributed by atoms with van der Waals surface area (Å²) in [6.07, 6.45) is 5.90. The predicted octanol–water partition coefficient (Wildman–Crippen LogP) is 0.957. The number of aliphatic hydroxyl groups excluding tert-OH is 1. The lowest BCUT2D eigenvalue weighted by Gasteiger charge is -2.25. The molecule has 88 valence electrons. The zero-order valence-electron chi connectivity index (χ0n) is 9.76. The number of rotatable bonds is 1. The number of hydrogen-bond donors (Lipinski definition) is 1. The van der Waals surface area contributed by atoms with Crippen LogP contribution >= 0.6 is 0 Å². The van der Waals surface area contributed by atoms with Gasteiger partial charge in [-0.05, 0) is 32.9 Å². The van der Waals surface area contributed by atoms with Crippen LogP contribution < -0.4 is 0 Å². The van der Waals surface area contributed by atoms with Gasteiger partial charge in [-0.25, -0.2) is 4.98 Å². The van der Waals surface area contributed by atoms with Gasteiger partial charge in [0, 0.05) is 24.9 Å². The molecule has 2 aliphatic rings. The van der Waals surface area contributed by atoms with Crippen molar-refractivity contribution in [3.8, 4) is 0 Å². The quantitative estimate of drug-likeness (QED) is 0.768. The van der Waals surface area contributed by atoms with Gasteiger partial charge in [-0.3, -0.25) is 4.90 Å². The van der Waals surface area contributed by atoms with Gasteiger partial charge in [0.05, 0.1) is 12.1 Å². The molecule has 16 heavy (non-hydrogen) atoms. The monoisotopic (exact) mass is 221 g/mol. The lowest BCUT2D eigenvalue weighted by atomic mass is 10.1. The molecular formula is C12H19N3O. The summed E-state index contributed by atoms with van der Waals surface area (Å²) in [5.41, 5.74) is 1.20. The van der Waals surface area contributed by atoms with Crippen LogP contribution in [-0.2, 0) is 13.0 Å². The van der Waals surface area contributed by atoms with Gasteiger partial charge >= 0.3 is 0 Å². The number of hydrogen-bond acceptors (Lipinski definition) is 3. The van der Waals surface area contributed by atoms with Gasteiger partial charge in [0.2, 0.25) is 0 Å². The van der Waals surface area contributed by atoms with Crippen molar-refractivity contribution < 1.29 is 5.11 Å². The van der Waals surface area contributed by atoms with Gasteiger partial charge in [0.25, 0.3) is 0 Å². The van der Waals surface area contributed by atoms with Crippen molar-refractivity contribution in [3.63, 3.8) is 0 Å². The van der Waals surface area contributed by atoms with Crippen LogP contribution in [0.15, 0.2) is 6.20 Å². The Morgan fingerprint density at radius 2 is 2.25 bits per heavy atom. The molecule has 4 heteroatoms. The highest BCUT2D eigenvalue weighted by Gasteiger charge is 2.29. The Morgan fingerprint density at radius 3 is 3.00 bits per heavy atom. The summed E-state index contributed by atoms with van der Waals surface area (Å²) in [4.78, 5) is 6.96. The molecule has 0 bridgehead atoms. The molecule has 2 atom stereocenters. The summed E-state index contributed by atoms with van der Waals surface area (Å²) in [6, 6.07) is 0.490. The van der Waals surface area contributed by atoms with Gasteiger partial charge in [0.15, 0.2) is 0 Å². The van der Waals surface area contributed by atoms with E-state index in [1.54, 1.807) is 0 Å². The van der Waals surface area contributed by atoms with Crippen molar-refractivity contribution in [1.29, 1.82) is 0 Å². The number of likely N-dealkylation sites (tertiary alicyclic amines) is 1. The van der Waals surface area contributed by atoms with Crippen molar-refractivity contribution in [1.82, 2.24) is 14.5 Å². The molecule has 2 aliphatic heterocycles.